The largest absolute Gasteiger partial charge is 0.508 e. The smallest absolute Gasteiger partial charge is 0.265 e. The Kier molecular flexibility index (Phi) is 8.43. The minimum atomic E-state index is -4.08. The Morgan fingerprint density at radius 3 is 2.45 bits per heavy atom. The molecule has 274 valence electrons. The molecule has 1 aliphatic heterocycles. The van der Waals surface area contributed by atoms with Crippen molar-refractivity contribution in [2.45, 2.75) is 102 Å². The van der Waals surface area contributed by atoms with Crippen molar-refractivity contribution < 1.29 is 27.7 Å². The predicted molar refractivity (Wildman–Crippen MR) is 197 cm³/mol. The zero-order chi connectivity index (χ0) is 36.0. The third kappa shape index (κ3) is 5.63. The number of phenolic OH excluding ortho intramolecular Hbond substituents is 1. The first-order valence-corrected chi connectivity index (χ1v) is 20.8. The summed E-state index contributed by atoms with van der Waals surface area (Å²) >= 11 is 0. The third-order valence-corrected chi connectivity index (χ3v) is 16.0. The van der Waals surface area contributed by atoms with Gasteiger partial charge in [0.2, 0.25) is 5.91 Å². The summed E-state index contributed by atoms with van der Waals surface area (Å²) in [5.41, 5.74) is 3.13. The number of carbonyl (C=O) groups is 2. The quantitative estimate of drug-likeness (QED) is 0.242. The fourth-order valence-electron chi connectivity index (χ4n) is 12.1. The van der Waals surface area contributed by atoms with Crippen molar-refractivity contribution in [3.05, 3.63) is 77.4 Å². The van der Waals surface area contributed by atoms with E-state index in [0.29, 0.717) is 37.0 Å². The topological polar surface area (TPSA) is 115 Å². The summed E-state index contributed by atoms with van der Waals surface area (Å²) in [6.45, 7) is 6.24. The van der Waals surface area contributed by atoms with Gasteiger partial charge in [-0.05, 0) is 116 Å². The van der Waals surface area contributed by atoms with E-state index >= 15 is 0 Å². The molecule has 1 heterocycles. The average molecular weight is 715 g/mol. The number of Topliss-reactive ketones (excluding diaryl/α,β-unsaturated/α-hetero) is 1. The lowest BCUT2D eigenvalue weighted by Crippen LogP contribution is -2.68. The second kappa shape index (κ2) is 12.3. The minimum Gasteiger partial charge on any atom is -0.508 e. The van der Waals surface area contributed by atoms with E-state index in [-0.39, 0.29) is 39.9 Å². The number of aromatic hydroxyl groups is 1. The fourth-order valence-corrected chi connectivity index (χ4v) is 13.4. The summed E-state index contributed by atoms with van der Waals surface area (Å²) in [7, 11) is -2.03. The zero-order valence-electron chi connectivity index (χ0n) is 30.4. The van der Waals surface area contributed by atoms with Crippen LogP contribution >= 0.6 is 0 Å². The lowest BCUT2D eigenvalue weighted by atomic mass is 9.45. The van der Waals surface area contributed by atoms with Crippen molar-refractivity contribution in [3.8, 4) is 5.75 Å². The number of benzene rings is 2. The fraction of sp³-hybridized carbons (Fsp3) is 0.619. The van der Waals surface area contributed by atoms with Gasteiger partial charge in [-0.2, -0.15) is 8.42 Å². The van der Waals surface area contributed by atoms with E-state index in [9.17, 15) is 23.1 Å². The molecular formula is C42H54N2O6S. The highest BCUT2D eigenvalue weighted by Crippen LogP contribution is 2.69. The van der Waals surface area contributed by atoms with E-state index in [1.54, 1.807) is 0 Å². The Hall–Kier alpha value is -3.01. The Bertz CT molecular complexity index is 1860. The molecule has 7 aliphatic rings. The molecule has 2 unspecified atom stereocenters. The maximum atomic E-state index is 13.5. The predicted octanol–water partition coefficient (Wildman–Crippen LogP) is 6.37. The molecule has 0 radical (unpaired) electrons. The Morgan fingerprint density at radius 1 is 1.02 bits per heavy atom. The van der Waals surface area contributed by atoms with Gasteiger partial charge in [-0.3, -0.25) is 19.0 Å². The van der Waals surface area contributed by atoms with Crippen LogP contribution < -0.4 is 0 Å². The van der Waals surface area contributed by atoms with Gasteiger partial charge in [0.05, 0.1) is 11.2 Å². The van der Waals surface area contributed by atoms with E-state index < -0.39 is 21.3 Å². The van der Waals surface area contributed by atoms with E-state index in [1.807, 2.05) is 33.0 Å². The van der Waals surface area contributed by atoms with Crippen LogP contribution in [0.4, 0.5) is 0 Å². The molecule has 1 spiro atoms. The van der Waals surface area contributed by atoms with Crippen LogP contribution in [-0.4, -0.2) is 77.5 Å². The van der Waals surface area contributed by atoms with E-state index in [2.05, 4.69) is 58.4 Å². The lowest BCUT2D eigenvalue weighted by molar-refractivity contribution is -0.140. The molecular weight excluding hydrogens is 661 g/mol. The SMILES string of the molecule is CC1(C)C2CCC1(CS(=O)(=O)O)C(=O)C2.CN(C(=O)CCc1ccccc1)[C@H]1C[C@@]23CCN(CC4CC4)[C@H]4C=C[C@@H]1C[C@]42Cc1ccc(O)cc13. The molecule has 8 nitrogen and oxygen atoms in total. The molecule has 0 aromatic heterocycles. The summed E-state index contributed by atoms with van der Waals surface area (Å²) in [6, 6.07) is 17.2. The number of amides is 1. The van der Waals surface area contributed by atoms with Crippen LogP contribution in [0.1, 0.15) is 88.3 Å². The lowest BCUT2D eigenvalue weighted by Gasteiger charge is -2.65. The van der Waals surface area contributed by atoms with Crippen LogP contribution in [0.2, 0.25) is 0 Å². The summed E-state index contributed by atoms with van der Waals surface area (Å²) in [4.78, 5) is 30.2. The van der Waals surface area contributed by atoms with Gasteiger partial charge in [-0.15, -0.1) is 0 Å². The second-order valence-electron chi connectivity index (χ2n) is 17.8. The number of piperidine rings is 1. The van der Waals surface area contributed by atoms with Crippen LogP contribution in [0.25, 0.3) is 0 Å². The van der Waals surface area contributed by atoms with Gasteiger partial charge in [0.25, 0.3) is 10.1 Å². The van der Waals surface area contributed by atoms with Gasteiger partial charge < -0.3 is 10.0 Å². The molecule has 2 aromatic carbocycles. The van der Waals surface area contributed by atoms with Gasteiger partial charge in [0.1, 0.15) is 11.5 Å². The molecule has 6 aliphatic carbocycles. The van der Waals surface area contributed by atoms with Crippen molar-refractivity contribution >= 4 is 21.8 Å². The zero-order valence-corrected chi connectivity index (χ0v) is 31.2. The molecule has 4 bridgehead atoms. The first kappa shape index (κ1) is 35.0. The highest BCUT2D eigenvalue weighted by molar-refractivity contribution is 7.85. The molecule has 1 amide bonds. The molecule has 4 saturated carbocycles. The number of aryl methyl sites for hydroxylation is 1. The molecule has 51 heavy (non-hydrogen) atoms. The number of likely N-dealkylation sites (tertiary alicyclic amines) is 1. The number of carbonyl (C=O) groups excluding carboxylic acids is 2. The standard InChI is InChI=1S/C32H38N2O2.C10H16O4S/c1-33(30(36)14-9-22-5-3-2-4-6-22)28-20-31-15-16-34(21-23-7-8-23)29-13-11-25(28)19-32(29,31)18-24-10-12-26(35)17-27(24)31;1-9(2)7-3-4-10(9,8(11)5-7)6-15(12,13)14/h2-6,10-13,17,23,25,28-29,35H,7-9,14-16,18-21H2,1H3;7H,3-6H2,1-2H3,(H,12,13,14)/t25-,28+,29+,31-,32-;/m1./s1. The van der Waals surface area contributed by atoms with Crippen LogP contribution in [0.3, 0.4) is 0 Å². The highest BCUT2D eigenvalue weighted by Gasteiger charge is 2.68. The van der Waals surface area contributed by atoms with E-state index in [0.717, 1.165) is 51.0 Å². The van der Waals surface area contributed by atoms with Gasteiger partial charge in [-0.25, -0.2) is 0 Å². The first-order valence-electron chi connectivity index (χ1n) is 19.2. The maximum Gasteiger partial charge on any atom is 0.265 e. The molecule has 9 heteroatoms. The number of ketones is 1. The van der Waals surface area contributed by atoms with Crippen LogP contribution in [0, 0.1) is 34.0 Å². The maximum absolute atomic E-state index is 13.5. The van der Waals surface area contributed by atoms with E-state index in [1.165, 1.54) is 36.1 Å². The summed E-state index contributed by atoms with van der Waals surface area (Å²) in [5, 5.41) is 10.5. The molecule has 7 atom stereocenters. The number of hydrogen-bond acceptors (Lipinski definition) is 6. The normalized spacial score (nSPS) is 35.5. The third-order valence-electron chi connectivity index (χ3n) is 15.2. The van der Waals surface area contributed by atoms with Crippen molar-refractivity contribution in [1.29, 1.82) is 0 Å². The number of nitrogens with zero attached hydrogens (tertiary/aromatic N) is 2. The Balaban J connectivity index is 0.000000209. The van der Waals surface area contributed by atoms with Crippen LogP contribution in [-0.2, 0) is 38.0 Å². The molecule has 2 aromatic rings. The van der Waals surface area contributed by atoms with Crippen molar-refractivity contribution in [3.63, 3.8) is 0 Å². The number of fused-ring (bicyclic) bond motifs is 4. The van der Waals surface area contributed by atoms with Crippen molar-refractivity contribution in [1.82, 2.24) is 9.80 Å². The number of phenols is 1. The highest BCUT2D eigenvalue weighted by atomic mass is 32.2. The number of hydrogen-bond donors (Lipinski definition) is 2. The minimum absolute atomic E-state index is 0.0152. The van der Waals surface area contributed by atoms with Crippen LogP contribution in [0.5, 0.6) is 5.75 Å². The average Bonchev–Trinajstić information content (AvgIpc) is 3.79. The molecule has 9 rings (SSSR count). The Morgan fingerprint density at radius 2 is 1.78 bits per heavy atom. The van der Waals surface area contributed by atoms with E-state index in [4.69, 9.17) is 4.55 Å². The number of rotatable bonds is 8. The molecule has 2 N–H and O–H groups in total. The molecule has 1 saturated heterocycles. The van der Waals surface area contributed by atoms with Gasteiger partial charge in [0, 0.05) is 49.3 Å². The molecule has 5 fully saturated rings. The second-order valence-corrected chi connectivity index (χ2v) is 19.2. The van der Waals surface area contributed by atoms with Crippen molar-refractivity contribution in [2.75, 3.05) is 25.9 Å². The van der Waals surface area contributed by atoms with Gasteiger partial charge >= 0.3 is 0 Å². The van der Waals surface area contributed by atoms with Crippen molar-refractivity contribution in [2.24, 2.45) is 34.0 Å². The van der Waals surface area contributed by atoms with Crippen LogP contribution in [0.15, 0.2) is 60.7 Å². The monoisotopic (exact) mass is 714 g/mol. The summed E-state index contributed by atoms with van der Waals surface area (Å²) in [6.07, 6.45) is 15.5. The van der Waals surface area contributed by atoms with Gasteiger partial charge in [0.15, 0.2) is 0 Å². The summed E-state index contributed by atoms with van der Waals surface area (Å²) in [5.74, 6) is 1.83. The first-order chi connectivity index (χ1) is 24.2. The summed E-state index contributed by atoms with van der Waals surface area (Å²) < 4.78 is 31.0. The Labute approximate surface area is 303 Å². The van der Waals surface area contributed by atoms with Gasteiger partial charge in [-0.1, -0.05) is 62.4 Å².